The van der Waals surface area contributed by atoms with Crippen molar-refractivity contribution in [3.63, 3.8) is 0 Å². The Balaban J connectivity index is 2.85. The molecule has 0 spiro atoms. The van der Waals surface area contributed by atoms with Crippen LogP contribution >= 0.6 is 15.9 Å². The van der Waals surface area contributed by atoms with Crippen LogP contribution < -0.4 is 0 Å². The largest absolute Gasteiger partial charge is 0.273 e. The number of aromatic nitrogens is 1. The summed E-state index contributed by atoms with van der Waals surface area (Å²) >= 11 is 3.23. The van der Waals surface area contributed by atoms with Gasteiger partial charge in [0.05, 0.1) is 11.0 Å². The van der Waals surface area contributed by atoms with Crippen LogP contribution in [0, 0.1) is 22.0 Å². The number of hydrogen-bond donors (Lipinski definition) is 0. The fourth-order valence-corrected chi connectivity index (χ4v) is 1.000. The Hall–Kier alpha value is -1.41. The Morgan fingerprint density at radius 3 is 3.07 bits per heavy atom. The second-order valence-corrected chi connectivity index (χ2v) is 3.19. The van der Waals surface area contributed by atoms with Crippen LogP contribution in [0.5, 0.6) is 0 Å². The Kier molecular flexibility index (Phi) is 4.08. The zero-order valence-corrected chi connectivity index (χ0v) is 8.82. The van der Waals surface area contributed by atoms with Crippen molar-refractivity contribution >= 4 is 21.6 Å². The van der Waals surface area contributed by atoms with Gasteiger partial charge in [0, 0.05) is 24.0 Å². The Bertz CT molecular complexity index is 395. The minimum atomic E-state index is -0.461. The molecule has 1 rings (SSSR count). The van der Waals surface area contributed by atoms with Crippen LogP contribution in [0.3, 0.4) is 0 Å². The van der Waals surface area contributed by atoms with Crippen LogP contribution in [0.1, 0.15) is 12.1 Å². The molecule has 0 aromatic carbocycles. The number of halogens is 1. The van der Waals surface area contributed by atoms with Crippen molar-refractivity contribution in [2.75, 3.05) is 5.33 Å². The third-order valence-electron chi connectivity index (χ3n) is 1.39. The van der Waals surface area contributed by atoms with Crippen LogP contribution in [-0.2, 0) is 0 Å². The summed E-state index contributed by atoms with van der Waals surface area (Å²) in [5.41, 5.74) is 0.447. The molecule has 5 heteroatoms. The number of alkyl halides is 1. The maximum atomic E-state index is 10.4. The van der Waals surface area contributed by atoms with E-state index in [9.17, 15) is 10.1 Å². The maximum Gasteiger partial charge on any atom is 0.273 e. The smallest absolute Gasteiger partial charge is 0.258 e. The molecule has 0 aliphatic rings. The third-order valence-corrected chi connectivity index (χ3v) is 1.79. The molecule has 0 N–H and O–H groups in total. The van der Waals surface area contributed by atoms with Gasteiger partial charge in [0.25, 0.3) is 5.69 Å². The average molecular weight is 255 g/mol. The number of nitro groups is 1. The van der Waals surface area contributed by atoms with Gasteiger partial charge in [0.1, 0.15) is 5.69 Å². The summed E-state index contributed by atoms with van der Waals surface area (Å²) in [6.45, 7) is 0. The lowest BCUT2D eigenvalue weighted by Crippen LogP contribution is -1.90. The molecule has 0 radical (unpaired) electrons. The third kappa shape index (κ3) is 3.15. The molecule has 0 unspecified atom stereocenters. The van der Waals surface area contributed by atoms with Crippen molar-refractivity contribution in [2.45, 2.75) is 6.42 Å². The van der Waals surface area contributed by atoms with E-state index in [1.807, 2.05) is 0 Å². The molecule has 1 aromatic rings. The number of rotatable bonds is 2. The minimum absolute atomic E-state index is 0.0168. The predicted octanol–water partition coefficient (Wildman–Crippen LogP) is 2.13. The molecule has 0 saturated carbocycles. The highest BCUT2D eigenvalue weighted by Crippen LogP contribution is 2.09. The molecular weight excluding hydrogens is 248 g/mol. The van der Waals surface area contributed by atoms with E-state index in [-0.39, 0.29) is 5.69 Å². The first-order chi connectivity index (χ1) is 6.74. The molecule has 0 amide bonds. The molecule has 0 bridgehead atoms. The van der Waals surface area contributed by atoms with Gasteiger partial charge in [-0.3, -0.25) is 10.1 Å². The first kappa shape index (κ1) is 10.7. The summed E-state index contributed by atoms with van der Waals surface area (Å²) in [7, 11) is 0. The van der Waals surface area contributed by atoms with E-state index in [2.05, 4.69) is 32.8 Å². The Morgan fingerprint density at radius 2 is 2.43 bits per heavy atom. The molecule has 1 heterocycles. The highest BCUT2D eigenvalue weighted by molar-refractivity contribution is 9.09. The minimum Gasteiger partial charge on any atom is -0.258 e. The lowest BCUT2D eigenvalue weighted by atomic mass is 10.3. The van der Waals surface area contributed by atoms with Crippen molar-refractivity contribution in [3.8, 4) is 11.8 Å². The molecule has 0 saturated heterocycles. The highest BCUT2D eigenvalue weighted by atomic mass is 79.9. The van der Waals surface area contributed by atoms with E-state index in [4.69, 9.17) is 0 Å². The van der Waals surface area contributed by atoms with Crippen LogP contribution in [0.15, 0.2) is 18.3 Å². The monoisotopic (exact) mass is 254 g/mol. The predicted molar refractivity (Wildman–Crippen MR) is 56.2 cm³/mol. The van der Waals surface area contributed by atoms with Gasteiger partial charge in [-0.2, -0.15) is 0 Å². The normalized spacial score (nSPS) is 8.93. The summed E-state index contributed by atoms with van der Waals surface area (Å²) in [6, 6.07) is 2.71. The summed E-state index contributed by atoms with van der Waals surface area (Å²) in [4.78, 5) is 13.8. The zero-order chi connectivity index (χ0) is 10.4. The van der Waals surface area contributed by atoms with Gasteiger partial charge in [-0.1, -0.05) is 21.9 Å². The SMILES string of the molecule is O=[N+]([O-])c1ccnc(C#CCCBr)c1. The van der Waals surface area contributed by atoms with Gasteiger partial charge in [0.2, 0.25) is 0 Å². The first-order valence-electron chi connectivity index (χ1n) is 3.89. The number of hydrogen-bond acceptors (Lipinski definition) is 3. The van der Waals surface area contributed by atoms with Gasteiger partial charge >= 0.3 is 0 Å². The van der Waals surface area contributed by atoms with Crippen LogP contribution in [0.25, 0.3) is 0 Å². The first-order valence-corrected chi connectivity index (χ1v) is 5.01. The molecule has 0 fully saturated rings. The van der Waals surface area contributed by atoms with Gasteiger partial charge in [-0.15, -0.1) is 0 Å². The molecule has 14 heavy (non-hydrogen) atoms. The van der Waals surface area contributed by atoms with Gasteiger partial charge in [-0.05, 0) is 5.92 Å². The van der Waals surface area contributed by atoms with Crippen molar-refractivity contribution in [2.24, 2.45) is 0 Å². The van der Waals surface area contributed by atoms with E-state index in [1.54, 1.807) is 0 Å². The fraction of sp³-hybridized carbons (Fsp3) is 0.222. The molecule has 0 aliphatic heterocycles. The molecule has 72 valence electrons. The fourth-order valence-electron chi connectivity index (χ4n) is 0.802. The molecular formula is C9H7BrN2O2. The van der Waals surface area contributed by atoms with E-state index in [0.717, 1.165) is 5.33 Å². The Morgan fingerprint density at radius 1 is 1.64 bits per heavy atom. The number of pyridine rings is 1. The lowest BCUT2D eigenvalue weighted by Gasteiger charge is -1.90. The van der Waals surface area contributed by atoms with E-state index >= 15 is 0 Å². The summed E-state index contributed by atoms with van der Waals surface area (Å²) in [5, 5.41) is 11.2. The summed E-state index contributed by atoms with van der Waals surface area (Å²) < 4.78 is 0. The van der Waals surface area contributed by atoms with E-state index in [0.29, 0.717) is 12.1 Å². The second-order valence-electron chi connectivity index (χ2n) is 2.40. The van der Waals surface area contributed by atoms with E-state index in [1.165, 1.54) is 18.3 Å². The van der Waals surface area contributed by atoms with Crippen molar-refractivity contribution in [1.82, 2.24) is 4.98 Å². The average Bonchev–Trinajstić information content (AvgIpc) is 2.19. The quantitative estimate of drug-likeness (QED) is 0.352. The lowest BCUT2D eigenvalue weighted by molar-refractivity contribution is -0.385. The van der Waals surface area contributed by atoms with Gasteiger partial charge in [0.15, 0.2) is 0 Å². The molecule has 0 aliphatic carbocycles. The molecule has 1 aromatic heterocycles. The van der Waals surface area contributed by atoms with Crippen LogP contribution in [0.4, 0.5) is 5.69 Å². The zero-order valence-electron chi connectivity index (χ0n) is 7.24. The molecule has 0 atom stereocenters. The van der Waals surface area contributed by atoms with Crippen molar-refractivity contribution in [3.05, 3.63) is 34.1 Å². The second kappa shape index (κ2) is 5.35. The molecule has 4 nitrogen and oxygen atoms in total. The van der Waals surface area contributed by atoms with Gasteiger partial charge in [-0.25, -0.2) is 4.98 Å². The van der Waals surface area contributed by atoms with Crippen molar-refractivity contribution in [1.29, 1.82) is 0 Å². The highest BCUT2D eigenvalue weighted by Gasteiger charge is 2.04. The topological polar surface area (TPSA) is 56.0 Å². The number of nitrogens with zero attached hydrogens (tertiary/aromatic N) is 2. The van der Waals surface area contributed by atoms with Crippen LogP contribution in [-0.4, -0.2) is 15.2 Å². The van der Waals surface area contributed by atoms with Crippen molar-refractivity contribution < 1.29 is 4.92 Å². The van der Waals surface area contributed by atoms with E-state index < -0.39 is 4.92 Å². The standard InChI is InChI=1S/C9H7BrN2O2/c10-5-2-1-3-8-7-9(12(13)14)4-6-11-8/h4,6-7H,2,5H2. The summed E-state index contributed by atoms with van der Waals surface area (Å²) in [6.07, 6.45) is 2.08. The van der Waals surface area contributed by atoms with Gasteiger partial charge < -0.3 is 0 Å². The maximum absolute atomic E-state index is 10.4. The summed E-state index contributed by atoms with van der Waals surface area (Å²) in [5.74, 6) is 5.58. The van der Waals surface area contributed by atoms with Crippen LogP contribution in [0.2, 0.25) is 0 Å². The Labute approximate surface area is 89.6 Å².